The van der Waals surface area contributed by atoms with E-state index in [2.05, 4.69) is 42.6 Å². The molecule has 0 bridgehead atoms. The minimum absolute atomic E-state index is 0.0758. The Kier molecular flexibility index (Phi) is 7.80. The molecular formula is C28H29N3O2S. The minimum Gasteiger partial charge on any atom is -0.352 e. The number of hydrogen-bond acceptors (Lipinski definition) is 4. The third kappa shape index (κ3) is 5.75. The van der Waals surface area contributed by atoms with Crippen molar-refractivity contribution < 1.29 is 4.79 Å². The molecular weight excluding hydrogens is 442 g/mol. The fourth-order valence-corrected chi connectivity index (χ4v) is 4.79. The molecule has 0 aliphatic heterocycles. The van der Waals surface area contributed by atoms with Gasteiger partial charge in [0.1, 0.15) is 0 Å². The number of nitrogens with one attached hydrogen (secondary N) is 1. The van der Waals surface area contributed by atoms with Crippen LogP contribution in [0, 0.1) is 6.92 Å². The van der Waals surface area contributed by atoms with Gasteiger partial charge in [-0.3, -0.25) is 14.2 Å². The molecule has 34 heavy (non-hydrogen) atoms. The number of amides is 1. The monoisotopic (exact) mass is 471 g/mol. The molecule has 0 radical (unpaired) electrons. The van der Waals surface area contributed by atoms with E-state index in [0.717, 1.165) is 12.8 Å². The second kappa shape index (κ2) is 11.2. The number of carbonyl (C=O) groups is 1. The lowest BCUT2D eigenvalue weighted by molar-refractivity contribution is 0.0954. The van der Waals surface area contributed by atoms with Crippen LogP contribution in [0.1, 0.15) is 40.4 Å². The molecule has 0 aliphatic rings. The SMILES string of the molecule is CCCNC(=O)c1ccc2c(=O)n(CCc3ccccc3)c(SCc3cccc(C)c3)nc2c1. The molecule has 0 saturated heterocycles. The average molecular weight is 472 g/mol. The minimum atomic E-state index is -0.146. The number of fused-ring (bicyclic) bond motifs is 1. The topological polar surface area (TPSA) is 64.0 Å². The van der Waals surface area contributed by atoms with E-state index in [0.29, 0.717) is 40.5 Å². The van der Waals surface area contributed by atoms with Gasteiger partial charge in [0.05, 0.1) is 10.9 Å². The lowest BCUT2D eigenvalue weighted by atomic mass is 10.1. The van der Waals surface area contributed by atoms with Crippen molar-refractivity contribution in [2.75, 3.05) is 6.54 Å². The Morgan fingerprint density at radius 2 is 1.79 bits per heavy atom. The lowest BCUT2D eigenvalue weighted by Gasteiger charge is -2.14. The predicted octanol–water partition coefficient (Wildman–Crippen LogP) is 5.38. The molecule has 1 aromatic heterocycles. The number of nitrogens with zero attached hydrogens (tertiary/aromatic N) is 2. The number of benzene rings is 3. The van der Waals surface area contributed by atoms with Gasteiger partial charge >= 0.3 is 0 Å². The van der Waals surface area contributed by atoms with Crippen LogP contribution in [0.4, 0.5) is 0 Å². The largest absolute Gasteiger partial charge is 0.352 e. The first-order chi connectivity index (χ1) is 16.5. The van der Waals surface area contributed by atoms with Gasteiger partial charge in [0, 0.05) is 24.4 Å². The summed E-state index contributed by atoms with van der Waals surface area (Å²) in [7, 11) is 0. The standard InChI is InChI=1S/C28H29N3O2S/c1-3-15-29-26(32)23-12-13-24-25(18-23)30-28(34-19-22-11-7-8-20(2)17-22)31(27(24)33)16-14-21-9-5-4-6-10-21/h4-13,17-18H,3,14-16,19H2,1-2H3,(H,29,32). The summed E-state index contributed by atoms with van der Waals surface area (Å²) in [5.74, 6) is 0.564. The van der Waals surface area contributed by atoms with Crippen LogP contribution in [-0.2, 0) is 18.7 Å². The molecule has 6 heteroatoms. The van der Waals surface area contributed by atoms with Gasteiger partial charge in [-0.05, 0) is 49.1 Å². The first-order valence-corrected chi connectivity index (χ1v) is 12.6. The normalized spacial score (nSPS) is 11.0. The van der Waals surface area contributed by atoms with Crippen molar-refractivity contribution in [2.45, 2.75) is 44.1 Å². The first-order valence-electron chi connectivity index (χ1n) is 11.6. The Morgan fingerprint density at radius 3 is 2.56 bits per heavy atom. The predicted molar refractivity (Wildman–Crippen MR) is 140 cm³/mol. The average Bonchev–Trinajstić information content (AvgIpc) is 2.86. The van der Waals surface area contributed by atoms with Crippen LogP contribution in [0.25, 0.3) is 10.9 Å². The molecule has 1 amide bonds. The number of aryl methyl sites for hydroxylation is 2. The summed E-state index contributed by atoms with van der Waals surface area (Å²) in [4.78, 5) is 30.8. The molecule has 174 valence electrons. The molecule has 5 nitrogen and oxygen atoms in total. The van der Waals surface area contributed by atoms with Crippen LogP contribution >= 0.6 is 11.8 Å². The van der Waals surface area contributed by atoms with Crippen LogP contribution in [0.2, 0.25) is 0 Å². The number of rotatable bonds is 9. The molecule has 1 N–H and O–H groups in total. The summed E-state index contributed by atoms with van der Waals surface area (Å²) < 4.78 is 1.77. The number of thioether (sulfide) groups is 1. The van der Waals surface area contributed by atoms with Crippen LogP contribution in [0.3, 0.4) is 0 Å². The quantitative estimate of drug-likeness (QED) is 0.263. The van der Waals surface area contributed by atoms with E-state index in [1.54, 1.807) is 34.5 Å². The zero-order valence-electron chi connectivity index (χ0n) is 19.6. The Morgan fingerprint density at radius 1 is 1.00 bits per heavy atom. The lowest BCUT2D eigenvalue weighted by Crippen LogP contribution is -2.26. The van der Waals surface area contributed by atoms with Crippen molar-refractivity contribution in [1.29, 1.82) is 0 Å². The molecule has 0 spiro atoms. The van der Waals surface area contributed by atoms with Gasteiger partial charge in [0.15, 0.2) is 5.16 Å². The van der Waals surface area contributed by atoms with Crippen LogP contribution in [0.15, 0.2) is 82.7 Å². The van der Waals surface area contributed by atoms with Crippen molar-refractivity contribution in [3.8, 4) is 0 Å². The summed E-state index contributed by atoms with van der Waals surface area (Å²) in [6, 6.07) is 23.7. The molecule has 0 fully saturated rings. The van der Waals surface area contributed by atoms with Gasteiger partial charge in [-0.15, -0.1) is 0 Å². The maximum Gasteiger partial charge on any atom is 0.262 e. The van der Waals surface area contributed by atoms with Crippen molar-refractivity contribution in [2.24, 2.45) is 0 Å². The highest BCUT2D eigenvalue weighted by atomic mass is 32.2. The highest BCUT2D eigenvalue weighted by Crippen LogP contribution is 2.23. The van der Waals surface area contributed by atoms with Crippen molar-refractivity contribution in [1.82, 2.24) is 14.9 Å². The maximum absolute atomic E-state index is 13.5. The zero-order valence-corrected chi connectivity index (χ0v) is 20.4. The molecule has 1 heterocycles. The molecule has 0 unspecified atom stereocenters. The molecule has 3 aromatic carbocycles. The number of aromatic nitrogens is 2. The second-order valence-electron chi connectivity index (χ2n) is 8.35. The fourth-order valence-electron chi connectivity index (χ4n) is 3.83. The van der Waals surface area contributed by atoms with Gasteiger partial charge in [0.25, 0.3) is 11.5 Å². The van der Waals surface area contributed by atoms with Crippen molar-refractivity contribution in [3.05, 3.63) is 105 Å². The van der Waals surface area contributed by atoms with Crippen LogP contribution in [-0.4, -0.2) is 22.0 Å². The molecule has 4 rings (SSSR count). The molecule has 0 saturated carbocycles. The van der Waals surface area contributed by atoms with Gasteiger partial charge < -0.3 is 5.32 Å². The number of carbonyl (C=O) groups excluding carboxylic acids is 1. The smallest absolute Gasteiger partial charge is 0.262 e. The maximum atomic E-state index is 13.5. The zero-order chi connectivity index (χ0) is 23.9. The van der Waals surface area contributed by atoms with E-state index in [1.165, 1.54) is 16.7 Å². The van der Waals surface area contributed by atoms with E-state index < -0.39 is 0 Å². The Balaban J connectivity index is 1.70. The van der Waals surface area contributed by atoms with E-state index in [-0.39, 0.29) is 11.5 Å². The third-order valence-corrected chi connectivity index (χ3v) is 6.68. The van der Waals surface area contributed by atoms with E-state index in [9.17, 15) is 9.59 Å². The summed E-state index contributed by atoms with van der Waals surface area (Å²) >= 11 is 1.55. The van der Waals surface area contributed by atoms with E-state index in [4.69, 9.17) is 4.98 Å². The first kappa shape index (κ1) is 23.8. The van der Waals surface area contributed by atoms with Crippen molar-refractivity contribution >= 4 is 28.6 Å². The summed E-state index contributed by atoms with van der Waals surface area (Å²) in [5.41, 5.74) is 4.55. The highest BCUT2D eigenvalue weighted by molar-refractivity contribution is 7.98. The Hall–Kier alpha value is -3.38. The summed E-state index contributed by atoms with van der Waals surface area (Å²) in [6.07, 6.45) is 1.60. The summed E-state index contributed by atoms with van der Waals surface area (Å²) in [5, 5.41) is 4.08. The third-order valence-electron chi connectivity index (χ3n) is 5.64. The summed E-state index contributed by atoms with van der Waals surface area (Å²) in [6.45, 7) is 5.24. The van der Waals surface area contributed by atoms with E-state index >= 15 is 0 Å². The molecule has 0 atom stereocenters. The van der Waals surface area contributed by atoms with Crippen LogP contribution < -0.4 is 10.9 Å². The highest BCUT2D eigenvalue weighted by Gasteiger charge is 2.14. The molecule has 0 aliphatic carbocycles. The Bertz CT molecular complexity index is 1350. The number of hydrogen-bond donors (Lipinski definition) is 1. The van der Waals surface area contributed by atoms with Crippen molar-refractivity contribution in [3.63, 3.8) is 0 Å². The molecule has 4 aromatic rings. The van der Waals surface area contributed by atoms with Gasteiger partial charge in [-0.1, -0.05) is 78.8 Å². The second-order valence-corrected chi connectivity index (χ2v) is 9.29. The van der Waals surface area contributed by atoms with Crippen LogP contribution in [0.5, 0.6) is 0 Å². The van der Waals surface area contributed by atoms with Gasteiger partial charge in [-0.25, -0.2) is 4.98 Å². The van der Waals surface area contributed by atoms with E-state index in [1.807, 2.05) is 31.2 Å². The van der Waals surface area contributed by atoms with Gasteiger partial charge in [0.2, 0.25) is 0 Å². The Labute approximate surface area is 204 Å². The fraction of sp³-hybridized carbons (Fsp3) is 0.250. The van der Waals surface area contributed by atoms with Gasteiger partial charge in [-0.2, -0.15) is 0 Å².